The Morgan fingerprint density at radius 2 is 1.93 bits per heavy atom. The lowest BCUT2D eigenvalue weighted by Gasteiger charge is -2.21. The molecule has 2 amide bonds. The van der Waals surface area contributed by atoms with E-state index in [4.69, 9.17) is 11.6 Å². The fourth-order valence-electron chi connectivity index (χ4n) is 2.79. The number of anilines is 1. The number of rotatable bonds is 6. The van der Waals surface area contributed by atoms with Crippen LogP contribution in [-0.4, -0.2) is 39.4 Å². The molecule has 0 aliphatic heterocycles. The van der Waals surface area contributed by atoms with Crippen molar-refractivity contribution in [3.8, 4) is 5.69 Å². The summed E-state index contributed by atoms with van der Waals surface area (Å²) in [5.74, 6) is -0.465. The number of hydrogen-bond donors (Lipinski definition) is 1. The van der Waals surface area contributed by atoms with E-state index in [1.54, 1.807) is 36.8 Å². The summed E-state index contributed by atoms with van der Waals surface area (Å²) in [5, 5.41) is 3.37. The van der Waals surface area contributed by atoms with Crippen molar-refractivity contribution in [2.24, 2.45) is 0 Å². The molecule has 3 rings (SSSR count). The molecular weight excluding hydrogens is 376 g/mol. The Labute approximate surface area is 168 Å². The van der Waals surface area contributed by atoms with Gasteiger partial charge in [-0.3, -0.25) is 9.59 Å². The number of aryl methyl sites for hydroxylation is 1. The molecule has 1 heterocycles. The molecule has 28 heavy (non-hydrogen) atoms. The predicted molar refractivity (Wildman–Crippen MR) is 110 cm³/mol. The standard InChI is InChI=1S/C21H21ClN4O2/c1-3-25(13-20(27)24-19-12-17(22)7-4-15(19)2)21(28)16-5-8-18(9-6-16)26-11-10-23-14-26/h4-12,14H,3,13H2,1-2H3,(H,24,27). The van der Waals surface area contributed by atoms with Gasteiger partial charge in [0, 0.05) is 40.9 Å². The van der Waals surface area contributed by atoms with Crippen molar-refractivity contribution in [2.45, 2.75) is 13.8 Å². The van der Waals surface area contributed by atoms with Crippen LogP contribution in [0.1, 0.15) is 22.8 Å². The van der Waals surface area contributed by atoms with Crippen LogP contribution >= 0.6 is 11.6 Å². The maximum atomic E-state index is 12.8. The number of likely N-dealkylation sites (N-methyl/N-ethyl adjacent to an activating group) is 1. The number of carbonyl (C=O) groups is 2. The fraction of sp³-hybridized carbons (Fsp3) is 0.190. The number of benzene rings is 2. The van der Waals surface area contributed by atoms with Gasteiger partial charge in [-0.05, 0) is 55.8 Å². The number of hydrogen-bond acceptors (Lipinski definition) is 3. The molecular formula is C21H21ClN4O2. The number of aromatic nitrogens is 2. The van der Waals surface area contributed by atoms with Crippen LogP contribution < -0.4 is 5.32 Å². The van der Waals surface area contributed by atoms with Crippen molar-refractivity contribution in [3.63, 3.8) is 0 Å². The third-order valence-corrected chi connectivity index (χ3v) is 4.63. The van der Waals surface area contributed by atoms with Crippen molar-refractivity contribution >= 4 is 29.1 Å². The van der Waals surface area contributed by atoms with Crippen molar-refractivity contribution in [1.82, 2.24) is 14.5 Å². The SMILES string of the molecule is CCN(CC(=O)Nc1cc(Cl)ccc1C)C(=O)c1ccc(-n2ccnc2)cc1. The summed E-state index contributed by atoms with van der Waals surface area (Å²) in [6.45, 7) is 4.11. The Morgan fingerprint density at radius 1 is 1.18 bits per heavy atom. The molecule has 0 radical (unpaired) electrons. The molecule has 0 aliphatic carbocycles. The smallest absolute Gasteiger partial charge is 0.254 e. The third kappa shape index (κ3) is 4.58. The minimum absolute atomic E-state index is 0.0371. The topological polar surface area (TPSA) is 67.2 Å². The van der Waals surface area contributed by atoms with Crippen LogP contribution in [0.25, 0.3) is 5.69 Å². The average molecular weight is 397 g/mol. The van der Waals surface area contributed by atoms with Gasteiger partial charge in [0.15, 0.2) is 0 Å². The van der Waals surface area contributed by atoms with E-state index >= 15 is 0 Å². The fourth-order valence-corrected chi connectivity index (χ4v) is 2.96. The van der Waals surface area contributed by atoms with Gasteiger partial charge in [-0.15, -0.1) is 0 Å². The molecule has 2 aromatic carbocycles. The number of nitrogens with zero attached hydrogens (tertiary/aromatic N) is 3. The molecule has 0 saturated carbocycles. The number of carbonyl (C=O) groups excluding carboxylic acids is 2. The second kappa shape index (κ2) is 8.71. The molecule has 3 aromatic rings. The summed E-state index contributed by atoms with van der Waals surface area (Å²) in [6.07, 6.45) is 5.22. The van der Waals surface area contributed by atoms with Crippen LogP contribution in [0, 0.1) is 6.92 Å². The van der Waals surface area contributed by atoms with E-state index in [-0.39, 0.29) is 18.4 Å². The maximum absolute atomic E-state index is 12.8. The highest BCUT2D eigenvalue weighted by Crippen LogP contribution is 2.20. The minimum atomic E-state index is -0.268. The van der Waals surface area contributed by atoms with Crippen LogP contribution in [0.15, 0.2) is 61.2 Å². The van der Waals surface area contributed by atoms with E-state index in [0.717, 1.165) is 11.3 Å². The molecule has 6 nitrogen and oxygen atoms in total. The average Bonchev–Trinajstić information content (AvgIpc) is 3.23. The summed E-state index contributed by atoms with van der Waals surface area (Å²) in [6, 6.07) is 12.5. The molecule has 0 unspecified atom stereocenters. The first-order chi connectivity index (χ1) is 13.5. The summed E-state index contributed by atoms with van der Waals surface area (Å²) in [7, 11) is 0. The summed E-state index contributed by atoms with van der Waals surface area (Å²) >= 11 is 5.99. The van der Waals surface area contributed by atoms with Gasteiger partial charge >= 0.3 is 0 Å². The van der Waals surface area contributed by atoms with Crippen molar-refractivity contribution in [3.05, 3.63) is 77.3 Å². The zero-order chi connectivity index (χ0) is 20.1. The maximum Gasteiger partial charge on any atom is 0.254 e. The van der Waals surface area contributed by atoms with Gasteiger partial charge in [-0.25, -0.2) is 4.98 Å². The molecule has 0 atom stereocenters. The van der Waals surface area contributed by atoms with Crippen molar-refractivity contribution in [1.29, 1.82) is 0 Å². The van der Waals surface area contributed by atoms with Crippen molar-refractivity contribution in [2.75, 3.05) is 18.4 Å². The Balaban J connectivity index is 1.67. The van der Waals surface area contributed by atoms with Gasteiger partial charge in [-0.2, -0.15) is 0 Å². The van der Waals surface area contributed by atoms with Gasteiger partial charge in [-0.1, -0.05) is 17.7 Å². The number of amides is 2. The van der Waals surface area contributed by atoms with E-state index in [1.807, 2.05) is 42.8 Å². The zero-order valence-corrected chi connectivity index (χ0v) is 16.5. The molecule has 1 N–H and O–H groups in total. The largest absolute Gasteiger partial charge is 0.330 e. The molecule has 0 saturated heterocycles. The third-order valence-electron chi connectivity index (χ3n) is 4.39. The highest BCUT2D eigenvalue weighted by atomic mass is 35.5. The first kappa shape index (κ1) is 19.6. The molecule has 0 aliphatic rings. The number of halogens is 1. The lowest BCUT2D eigenvalue weighted by atomic mass is 10.1. The van der Waals surface area contributed by atoms with Gasteiger partial charge < -0.3 is 14.8 Å². The van der Waals surface area contributed by atoms with Crippen molar-refractivity contribution < 1.29 is 9.59 Å². The first-order valence-electron chi connectivity index (χ1n) is 8.91. The molecule has 0 bridgehead atoms. The van der Waals surface area contributed by atoms with Crippen LogP contribution in [0.4, 0.5) is 5.69 Å². The quantitative estimate of drug-likeness (QED) is 0.686. The van der Waals surface area contributed by atoms with E-state index in [2.05, 4.69) is 10.3 Å². The zero-order valence-electron chi connectivity index (χ0n) is 15.7. The Morgan fingerprint density at radius 3 is 2.57 bits per heavy atom. The highest BCUT2D eigenvalue weighted by Gasteiger charge is 2.18. The van der Waals surface area contributed by atoms with Gasteiger partial charge in [0.25, 0.3) is 5.91 Å². The monoisotopic (exact) mass is 396 g/mol. The molecule has 144 valence electrons. The normalized spacial score (nSPS) is 10.5. The van der Waals surface area contributed by atoms with Crippen LogP contribution in [0.3, 0.4) is 0 Å². The lowest BCUT2D eigenvalue weighted by Crippen LogP contribution is -2.38. The van der Waals surface area contributed by atoms with E-state index in [9.17, 15) is 9.59 Å². The number of nitrogens with one attached hydrogen (secondary N) is 1. The minimum Gasteiger partial charge on any atom is -0.330 e. The second-order valence-corrected chi connectivity index (χ2v) is 6.78. The molecule has 1 aromatic heterocycles. The summed E-state index contributed by atoms with van der Waals surface area (Å²) < 4.78 is 1.85. The van der Waals surface area contributed by atoms with Gasteiger partial charge in [0.05, 0.1) is 6.33 Å². The van der Waals surface area contributed by atoms with Crippen LogP contribution in [0.5, 0.6) is 0 Å². The summed E-state index contributed by atoms with van der Waals surface area (Å²) in [4.78, 5) is 30.7. The Hall–Kier alpha value is -3.12. The molecule has 7 heteroatoms. The van der Waals surface area contributed by atoms with Crippen LogP contribution in [-0.2, 0) is 4.79 Å². The van der Waals surface area contributed by atoms with E-state index in [0.29, 0.717) is 22.8 Å². The van der Waals surface area contributed by atoms with E-state index in [1.165, 1.54) is 4.90 Å². The second-order valence-electron chi connectivity index (χ2n) is 6.34. The predicted octanol–water partition coefficient (Wildman–Crippen LogP) is 3.93. The Kier molecular flexibility index (Phi) is 6.11. The molecule has 0 fully saturated rings. The summed E-state index contributed by atoms with van der Waals surface area (Å²) in [5.41, 5.74) is 2.98. The highest BCUT2D eigenvalue weighted by molar-refractivity contribution is 6.31. The van der Waals surface area contributed by atoms with Gasteiger partial charge in [0.1, 0.15) is 6.54 Å². The van der Waals surface area contributed by atoms with E-state index < -0.39 is 0 Å². The Bertz CT molecular complexity index is 969. The lowest BCUT2D eigenvalue weighted by molar-refractivity contribution is -0.116. The first-order valence-corrected chi connectivity index (χ1v) is 9.29. The van der Waals surface area contributed by atoms with Crippen LogP contribution in [0.2, 0.25) is 5.02 Å². The number of imidazole rings is 1. The van der Waals surface area contributed by atoms with Gasteiger partial charge in [0.2, 0.25) is 5.91 Å². The molecule has 0 spiro atoms.